The average molecular weight is 338 g/mol. The Bertz CT molecular complexity index is 407. The summed E-state index contributed by atoms with van der Waals surface area (Å²) in [5, 5.41) is 13.1. The molecule has 138 valence electrons. The van der Waals surface area contributed by atoms with Crippen molar-refractivity contribution in [2.75, 3.05) is 33.2 Å². The van der Waals surface area contributed by atoms with Gasteiger partial charge in [0.05, 0.1) is 12.1 Å². The lowest BCUT2D eigenvalue weighted by molar-refractivity contribution is -0.132. The van der Waals surface area contributed by atoms with Gasteiger partial charge in [0.1, 0.15) is 0 Å². The molecule has 0 bridgehead atoms. The summed E-state index contributed by atoms with van der Waals surface area (Å²) in [6.45, 7) is 5.60. The number of aliphatic hydroxyl groups is 1. The van der Waals surface area contributed by atoms with Crippen LogP contribution in [0.15, 0.2) is 0 Å². The Labute approximate surface area is 146 Å². The van der Waals surface area contributed by atoms with Crippen LogP contribution < -0.4 is 5.32 Å². The molecule has 2 saturated heterocycles. The van der Waals surface area contributed by atoms with Crippen molar-refractivity contribution in [1.82, 2.24) is 15.1 Å². The zero-order valence-electron chi connectivity index (χ0n) is 15.4. The van der Waals surface area contributed by atoms with E-state index in [0.717, 1.165) is 51.4 Å². The van der Waals surface area contributed by atoms with Gasteiger partial charge in [-0.05, 0) is 64.0 Å². The second-order valence-corrected chi connectivity index (χ2v) is 8.42. The average Bonchev–Trinajstić information content (AvgIpc) is 2.99. The molecule has 2 N–H and O–H groups in total. The van der Waals surface area contributed by atoms with Crippen LogP contribution in [0, 0.1) is 11.8 Å². The van der Waals surface area contributed by atoms with Crippen LogP contribution in [0.4, 0.5) is 0 Å². The smallest absolute Gasteiger partial charge is 0.239 e. The Morgan fingerprint density at radius 2 is 1.96 bits per heavy atom. The molecule has 1 saturated carbocycles. The maximum atomic E-state index is 12.8. The van der Waals surface area contributed by atoms with Crippen LogP contribution in [0.2, 0.25) is 0 Å². The van der Waals surface area contributed by atoms with Crippen LogP contribution in [0.3, 0.4) is 0 Å². The van der Waals surface area contributed by atoms with E-state index in [9.17, 15) is 9.90 Å². The first-order valence-electron chi connectivity index (χ1n) is 9.94. The number of aliphatic hydroxyl groups excluding tert-OH is 1. The van der Waals surface area contributed by atoms with Crippen LogP contribution in [-0.4, -0.2) is 72.2 Å². The van der Waals surface area contributed by atoms with Gasteiger partial charge in [-0.15, -0.1) is 0 Å². The standard InChI is InChI=1S/C19H35N3O2/c1-14(23)12-22-9-7-15(8-10-22)13-21(2)19(24)18-11-16-5-3-4-6-17(16)20-18/h14-18,20,23H,3-13H2,1-2H3. The molecule has 0 aromatic carbocycles. The van der Waals surface area contributed by atoms with E-state index < -0.39 is 0 Å². The van der Waals surface area contributed by atoms with Crippen molar-refractivity contribution >= 4 is 5.91 Å². The predicted molar refractivity (Wildman–Crippen MR) is 95.8 cm³/mol. The molecule has 3 fully saturated rings. The number of β-amino-alcohol motifs (C(OH)–C–C–N with tert-alkyl or cyclic N) is 1. The number of fused-ring (bicyclic) bond motifs is 1. The highest BCUT2D eigenvalue weighted by Crippen LogP contribution is 2.33. The molecule has 0 aromatic rings. The maximum Gasteiger partial charge on any atom is 0.239 e. The van der Waals surface area contributed by atoms with Gasteiger partial charge in [0.15, 0.2) is 0 Å². The van der Waals surface area contributed by atoms with Gasteiger partial charge in [-0.25, -0.2) is 0 Å². The SMILES string of the molecule is CC(O)CN1CCC(CN(C)C(=O)C2CC3CCCCC3N2)CC1. The van der Waals surface area contributed by atoms with Gasteiger partial charge in [0.2, 0.25) is 5.91 Å². The number of hydrogen-bond donors (Lipinski definition) is 2. The highest BCUT2D eigenvalue weighted by molar-refractivity contribution is 5.82. The molecule has 5 heteroatoms. The molecule has 2 heterocycles. The number of carbonyl (C=O) groups excluding carboxylic acids is 1. The summed E-state index contributed by atoms with van der Waals surface area (Å²) in [7, 11) is 1.98. The zero-order valence-corrected chi connectivity index (χ0v) is 15.4. The monoisotopic (exact) mass is 337 g/mol. The Hall–Kier alpha value is -0.650. The predicted octanol–water partition coefficient (Wildman–Crippen LogP) is 1.46. The summed E-state index contributed by atoms with van der Waals surface area (Å²) in [5.74, 6) is 1.63. The molecular weight excluding hydrogens is 302 g/mol. The lowest BCUT2D eigenvalue weighted by Crippen LogP contribution is -2.47. The Morgan fingerprint density at radius 1 is 1.25 bits per heavy atom. The van der Waals surface area contributed by atoms with E-state index in [1.54, 1.807) is 0 Å². The van der Waals surface area contributed by atoms with Crippen molar-refractivity contribution in [3.8, 4) is 0 Å². The van der Waals surface area contributed by atoms with E-state index in [1.165, 1.54) is 25.7 Å². The molecule has 3 aliphatic rings. The highest BCUT2D eigenvalue weighted by Gasteiger charge is 2.39. The molecule has 5 nitrogen and oxygen atoms in total. The number of hydrogen-bond acceptors (Lipinski definition) is 4. The van der Waals surface area contributed by atoms with Crippen LogP contribution in [-0.2, 0) is 4.79 Å². The molecule has 0 radical (unpaired) electrons. The fourth-order valence-electron chi connectivity index (χ4n) is 4.98. The second kappa shape index (κ2) is 8.15. The number of likely N-dealkylation sites (tertiary alicyclic amines) is 1. The van der Waals surface area contributed by atoms with E-state index in [1.807, 2.05) is 18.9 Å². The highest BCUT2D eigenvalue weighted by atomic mass is 16.3. The third-order valence-corrected chi connectivity index (χ3v) is 6.30. The van der Waals surface area contributed by atoms with Crippen molar-refractivity contribution in [1.29, 1.82) is 0 Å². The van der Waals surface area contributed by atoms with Crippen molar-refractivity contribution in [3.05, 3.63) is 0 Å². The third-order valence-electron chi connectivity index (χ3n) is 6.30. The molecule has 24 heavy (non-hydrogen) atoms. The number of piperidine rings is 1. The summed E-state index contributed by atoms with van der Waals surface area (Å²) in [5.41, 5.74) is 0. The summed E-state index contributed by atoms with van der Waals surface area (Å²) in [6.07, 6.45) is 8.26. The molecule has 2 aliphatic heterocycles. The number of carbonyl (C=O) groups is 1. The van der Waals surface area contributed by atoms with Crippen LogP contribution in [0.25, 0.3) is 0 Å². The molecule has 4 atom stereocenters. The number of nitrogens with zero attached hydrogens (tertiary/aromatic N) is 2. The van der Waals surface area contributed by atoms with E-state index in [4.69, 9.17) is 0 Å². The second-order valence-electron chi connectivity index (χ2n) is 8.42. The normalized spacial score (nSPS) is 33.2. The quantitative estimate of drug-likeness (QED) is 0.797. The Morgan fingerprint density at radius 3 is 2.62 bits per heavy atom. The van der Waals surface area contributed by atoms with E-state index in [2.05, 4.69) is 10.2 Å². The first kappa shape index (κ1) is 18.2. The lowest BCUT2D eigenvalue weighted by atomic mass is 9.85. The maximum absolute atomic E-state index is 12.8. The van der Waals surface area contributed by atoms with Crippen molar-refractivity contribution in [2.45, 2.75) is 70.1 Å². The topological polar surface area (TPSA) is 55.8 Å². The van der Waals surface area contributed by atoms with Crippen LogP contribution in [0.1, 0.15) is 51.9 Å². The van der Waals surface area contributed by atoms with Crippen molar-refractivity contribution in [3.63, 3.8) is 0 Å². The van der Waals surface area contributed by atoms with Gasteiger partial charge >= 0.3 is 0 Å². The van der Waals surface area contributed by atoms with Crippen molar-refractivity contribution in [2.24, 2.45) is 11.8 Å². The van der Waals surface area contributed by atoms with Gasteiger partial charge in [-0.3, -0.25) is 4.79 Å². The summed E-state index contributed by atoms with van der Waals surface area (Å²) in [6, 6.07) is 0.642. The molecule has 1 aliphatic carbocycles. The first-order valence-corrected chi connectivity index (χ1v) is 9.94. The molecule has 0 aromatic heterocycles. The lowest BCUT2D eigenvalue weighted by Gasteiger charge is -2.35. The van der Waals surface area contributed by atoms with Crippen LogP contribution in [0.5, 0.6) is 0 Å². The zero-order chi connectivity index (χ0) is 17.1. The van der Waals surface area contributed by atoms with E-state index in [-0.39, 0.29) is 12.1 Å². The molecule has 4 unspecified atom stereocenters. The van der Waals surface area contributed by atoms with Crippen LogP contribution >= 0.6 is 0 Å². The fourth-order valence-corrected chi connectivity index (χ4v) is 4.98. The Balaban J connectivity index is 1.42. The first-order chi connectivity index (χ1) is 11.5. The summed E-state index contributed by atoms with van der Waals surface area (Å²) >= 11 is 0. The van der Waals surface area contributed by atoms with Crippen molar-refractivity contribution < 1.29 is 9.90 Å². The third kappa shape index (κ3) is 4.50. The van der Waals surface area contributed by atoms with Gasteiger partial charge in [-0.1, -0.05) is 12.8 Å². The molecule has 3 rings (SSSR count). The van der Waals surface area contributed by atoms with E-state index in [0.29, 0.717) is 17.9 Å². The minimum atomic E-state index is -0.247. The summed E-state index contributed by atoms with van der Waals surface area (Å²) < 4.78 is 0. The minimum absolute atomic E-state index is 0.0541. The number of rotatable bonds is 5. The molecule has 1 amide bonds. The molecular formula is C19H35N3O2. The summed E-state index contributed by atoms with van der Waals surface area (Å²) in [4.78, 5) is 17.1. The van der Waals surface area contributed by atoms with Gasteiger partial charge in [0.25, 0.3) is 0 Å². The van der Waals surface area contributed by atoms with Gasteiger partial charge in [-0.2, -0.15) is 0 Å². The van der Waals surface area contributed by atoms with Gasteiger partial charge < -0.3 is 20.2 Å². The Kier molecular flexibility index (Phi) is 6.17. The molecule has 0 spiro atoms. The number of likely N-dealkylation sites (N-methyl/N-ethyl adjacent to an activating group) is 1. The van der Waals surface area contributed by atoms with Gasteiger partial charge in [0, 0.05) is 26.2 Å². The number of nitrogens with one attached hydrogen (secondary N) is 1. The number of amides is 1. The van der Waals surface area contributed by atoms with E-state index >= 15 is 0 Å². The minimum Gasteiger partial charge on any atom is -0.392 e. The fraction of sp³-hybridized carbons (Fsp3) is 0.947. The largest absolute Gasteiger partial charge is 0.392 e.